The number of likely N-dealkylation sites (N-methyl/N-ethyl adjacent to an activating group) is 1. The van der Waals surface area contributed by atoms with E-state index in [0.29, 0.717) is 17.4 Å². The van der Waals surface area contributed by atoms with Gasteiger partial charge in [0.15, 0.2) is 11.6 Å². The maximum atomic E-state index is 11.6. The van der Waals surface area contributed by atoms with Crippen molar-refractivity contribution >= 4 is 23.4 Å². The average Bonchev–Trinajstić information content (AvgIpc) is 2.43. The Bertz CT molecular complexity index is 659. The molecule has 1 aliphatic heterocycles. The van der Waals surface area contributed by atoms with Gasteiger partial charge in [0.25, 0.3) is 5.91 Å². The minimum absolute atomic E-state index is 0.216. The molecule has 1 unspecified atom stereocenters. The number of rotatable bonds is 3. The van der Waals surface area contributed by atoms with Crippen LogP contribution in [0.5, 0.6) is 5.75 Å². The van der Waals surface area contributed by atoms with E-state index in [9.17, 15) is 4.79 Å². The van der Waals surface area contributed by atoms with E-state index in [2.05, 4.69) is 20.6 Å². The van der Waals surface area contributed by atoms with Crippen LogP contribution in [0.25, 0.3) is 0 Å². The third-order valence-corrected chi connectivity index (χ3v) is 2.92. The standard InChI is InChI=1S/C13H13N5O2/c1-15-12(19)10-8-9(20-10)11(14)18-13(17-8)16-7-5-3-2-4-6-7/h2-6,10H,1H3,(H,15,19)(H3,14,16,17,18). The van der Waals surface area contributed by atoms with E-state index >= 15 is 0 Å². The van der Waals surface area contributed by atoms with Gasteiger partial charge >= 0.3 is 0 Å². The van der Waals surface area contributed by atoms with E-state index in [1.165, 1.54) is 7.05 Å². The number of para-hydroxylation sites is 1. The van der Waals surface area contributed by atoms with Crippen LogP contribution in [0.2, 0.25) is 0 Å². The number of nitrogen functional groups attached to an aromatic ring is 1. The third-order valence-electron chi connectivity index (χ3n) is 2.92. The number of amides is 1. The van der Waals surface area contributed by atoms with Crippen molar-refractivity contribution in [2.75, 3.05) is 18.1 Å². The smallest absolute Gasteiger partial charge is 0.267 e. The Labute approximate surface area is 115 Å². The normalized spacial score (nSPS) is 15.6. The summed E-state index contributed by atoms with van der Waals surface area (Å²) in [5, 5.41) is 5.55. The highest BCUT2D eigenvalue weighted by atomic mass is 16.5. The molecule has 2 aromatic rings. The summed E-state index contributed by atoms with van der Waals surface area (Å²) in [7, 11) is 1.54. The van der Waals surface area contributed by atoms with Gasteiger partial charge in [0.2, 0.25) is 12.1 Å². The summed E-state index contributed by atoms with van der Waals surface area (Å²) in [6, 6.07) is 9.46. The van der Waals surface area contributed by atoms with Gasteiger partial charge in [-0.1, -0.05) is 18.2 Å². The largest absolute Gasteiger partial charge is 0.468 e. The van der Waals surface area contributed by atoms with E-state index in [0.717, 1.165) is 5.69 Å². The van der Waals surface area contributed by atoms with Crippen molar-refractivity contribution in [2.45, 2.75) is 6.10 Å². The number of nitrogens with two attached hydrogens (primary N) is 1. The maximum absolute atomic E-state index is 11.6. The van der Waals surface area contributed by atoms with Gasteiger partial charge in [0.05, 0.1) is 0 Å². The first-order valence-electron chi connectivity index (χ1n) is 6.07. The molecule has 1 aromatic heterocycles. The summed E-state index contributed by atoms with van der Waals surface area (Å²) in [6.45, 7) is 0. The van der Waals surface area contributed by atoms with Crippen LogP contribution in [0.1, 0.15) is 11.8 Å². The van der Waals surface area contributed by atoms with E-state index in [1.54, 1.807) is 0 Å². The summed E-state index contributed by atoms with van der Waals surface area (Å²) >= 11 is 0. The number of nitrogens with zero attached hydrogens (tertiary/aromatic N) is 2. The van der Waals surface area contributed by atoms with E-state index in [1.807, 2.05) is 30.3 Å². The molecule has 0 aliphatic carbocycles. The van der Waals surface area contributed by atoms with Crippen molar-refractivity contribution in [2.24, 2.45) is 0 Å². The molecule has 1 atom stereocenters. The van der Waals surface area contributed by atoms with Gasteiger partial charge in [-0.05, 0) is 12.1 Å². The molecule has 0 radical (unpaired) electrons. The fraction of sp³-hybridized carbons (Fsp3) is 0.154. The number of anilines is 3. The maximum Gasteiger partial charge on any atom is 0.267 e. The Hall–Kier alpha value is -2.83. The van der Waals surface area contributed by atoms with Gasteiger partial charge < -0.3 is 21.1 Å². The molecule has 0 bridgehead atoms. The molecule has 0 spiro atoms. The first kappa shape index (κ1) is 12.2. The fourth-order valence-corrected chi connectivity index (χ4v) is 1.92. The number of fused-ring (bicyclic) bond motifs is 1. The minimum atomic E-state index is -0.725. The Morgan fingerprint density at radius 1 is 1.30 bits per heavy atom. The first-order chi connectivity index (χ1) is 9.69. The summed E-state index contributed by atoms with van der Waals surface area (Å²) < 4.78 is 5.28. The number of carbonyl (C=O) groups is 1. The van der Waals surface area contributed by atoms with Crippen LogP contribution in [0.3, 0.4) is 0 Å². The van der Waals surface area contributed by atoms with Crippen molar-refractivity contribution in [1.29, 1.82) is 0 Å². The lowest BCUT2D eigenvalue weighted by Crippen LogP contribution is -2.36. The lowest BCUT2D eigenvalue weighted by atomic mass is 10.1. The van der Waals surface area contributed by atoms with Gasteiger partial charge in [-0.15, -0.1) is 0 Å². The number of ether oxygens (including phenoxy) is 1. The lowest BCUT2D eigenvalue weighted by molar-refractivity contribution is -0.130. The predicted molar refractivity (Wildman–Crippen MR) is 73.6 cm³/mol. The minimum Gasteiger partial charge on any atom is -0.468 e. The van der Waals surface area contributed by atoms with Crippen LogP contribution in [-0.2, 0) is 4.79 Å². The van der Waals surface area contributed by atoms with Crippen molar-refractivity contribution < 1.29 is 9.53 Å². The quantitative estimate of drug-likeness (QED) is 0.769. The van der Waals surface area contributed by atoms with Crippen LogP contribution >= 0.6 is 0 Å². The summed E-state index contributed by atoms with van der Waals surface area (Å²) in [5.74, 6) is 0.664. The Morgan fingerprint density at radius 2 is 2.05 bits per heavy atom. The third kappa shape index (κ3) is 1.99. The molecule has 0 fully saturated rings. The average molecular weight is 271 g/mol. The van der Waals surface area contributed by atoms with Crippen LogP contribution < -0.4 is 21.1 Å². The second kappa shape index (κ2) is 4.69. The van der Waals surface area contributed by atoms with E-state index in [4.69, 9.17) is 10.5 Å². The lowest BCUT2D eigenvalue weighted by Gasteiger charge is -2.29. The topological polar surface area (TPSA) is 102 Å². The van der Waals surface area contributed by atoms with Gasteiger partial charge in [0, 0.05) is 12.7 Å². The highest BCUT2D eigenvalue weighted by molar-refractivity contribution is 5.86. The summed E-state index contributed by atoms with van der Waals surface area (Å²) in [4.78, 5) is 20.0. The van der Waals surface area contributed by atoms with E-state index < -0.39 is 6.10 Å². The van der Waals surface area contributed by atoms with Gasteiger partial charge in [-0.2, -0.15) is 4.98 Å². The molecule has 7 heteroatoms. The number of hydrogen-bond acceptors (Lipinski definition) is 6. The molecular formula is C13H13N5O2. The number of benzene rings is 1. The monoisotopic (exact) mass is 271 g/mol. The van der Waals surface area contributed by atoms with Gasteiger partial charge in [-0.25, -0.2) is 4.98 Å². The van der Waals surface area contributed by atoms with Crippen molar-refractivity contribution in [1.82, 2.24) is 15.3 Å². The highest BCUT2D eigenvalue weighted by Crippen LogP contribution is 2.42. The number of carbonyl (C=O) groups excluding carboxylic acids is 1. The zero-order valence-corrected chi connectivity index (χ0v) is 10.8. The molecule has 4 N–H and O–H groups in total. The Balaban J connectivity index is 1.89. The molecule has 1 aromatic carbocycles. The van der Waals surface area contributed by atoms with Gasteiger partial charge in [-0.3, -0.25) is 4.79 Å². The van der Waals surface area contributed by atoms with Crippen molar-refractivity contribution in [3.05, 3.63) is 36.0 Å². The molecular weight excluding hydrogens is 258 g/mol. The number of aromatic nitrogens is 2. The van der Waals surface area contributed by atoms with Crippen LogP contribution in [-0.4, -0.2) is 22.9 Å². The molecule has 102 valence electrons. The Kier molecular flexibility index (Phi) is 2.86. The molecule has 20 heavy (non-hydrogen) atoms. The molecule has 0 saturated carbocycles. The molecule has 7 nitrogen and oxygen atoms in total. The van der Waals surface area contributed by atoms with E-state index in [-0.39, 0.29) is 11.7 Å². The molecule has 3 rings (SSSR count). The second-order valence-corrected chi connectivity index (χ2v) is 4.25. The second-order valence-electron chi connectivity index (χ2n) is 4.25. The fourth-order valence-electron chi connectivity index (χ4n) is 1.92. The van der Waals surface area contributed by atoms with Crippen LogP contribution in [0, 0.1) is 0 Å². The SMILES string of the molecule is CNC(=O)C1Oc2c(N)nc(Nc3ccccc3)nc21. The number of hydrogen-bond donors (Lipinski definition) is 3. The molecule has 0 saturated heterocycles. The van der Waals surface area contributed by atoms with Crippen LogP contribution in [0.15, 0.2) is 30.3 Å². The molecule has 1 amide bonds. The highest BCUT2D eigenvalue weighted by Gasteiger charge is 2.39. The van der Waals surface area contributed by atoms with Gasteiger partial charge in [0.1, 0.15) is 5.69 Å². The van der Waals surface area contributed by atoms with Crippen molar-refractivity contribution in [3.63, 3.8) is 0 Å². The molecule has 1 aliphatic rings. The summed E-state index contributed by atoms with van der Waals surface area (Å²) in [6.07, 6.45) is -0.725. The molecule has 2 heterocycles. The first-order valence-corrected chi connectivity index (χ1v) is 6.07. The summed E-state index contributed by atoms with van der Waals surface area (Å²) in [5.41, 5.74) is 7.11. The predicted octanol–water partition coefficient (Wildman–Crippen LogP) is 0.982. The zero-order valence-electron chi connectivity index (χ0n) is 10.8. The van der Waals surface area contributed by atoms with Crippen molar-refractivity contribution in [3.8, 4) is 5.75 Å². The Morgan fingerprint density at radius 3 is 2.75 bits per heavy atom. The number of nitrogens with one attached hydrogen (secondary N) is 2. The van der Waals surface area contributed by atoms with Crippen LogP contribution in [0.4, 0.5) is 17.5 Å². The zero-order chi connectivity index (χ0) is 14.1.